The number of nitrogens with one attached hydrogen (secondary N) is 1. The lowest BCUT2D eigenvalue weighted by molar-refractivity contribution is -0.139. The molecule has 2 N–H and O–H groups in total. The van der Waals surface area contributed by atoms with Crippen molar-refractivity contribution in [1.29, 1.82) is 0 Å². The number of carboxylic acid groups (broad SMARTS) is 1. The average molecular weight is 523 g/mol. The molecular weight excluding hydrogens is 501 g/mol. The molecule has 0 aromatic heterocycles. The van der Waals surface area contributed by atoms with Crippen molar-refractivity contribution >= 4 is 56.9 Å². The number of carbonyl (C=O) groups is 1. The fourth-order valence-electron chi connectivity index (χ4n) is 2.56. The molecule has 0 heterocycles. The van der Waals surface area contributed by atoms with Crippen LogP contribution < -0.4 is 14.8 Å². The molecule has 0 amide bonds. The normalized spacial score (nSPS) is 11.9. The van der Waals surface area contributed by atoms with Crippen LogP contribution in [0.15, 0.2) is 34.8 Å². The van der Waals surface area contributed by atoms with Gasteiger partial charge in [-0.3, -0.25) is 4.79 Å². The van der Waals surface area contributed by atoms with Crippen LogP contribution >= 0.6 is 50.9 Å². The van der Waals surface area contributed by atoms with Crippen molar-refractivity contribution < 1.29 is 19.4 Å². The average Bonchev–Trinajstić information content (AvgIpc) is 2.69. The van der Waals surface area contributed by atoms with Crippen LogP contribution in [0.25, 0.3) is 0 Å². The largest absolute Gasteiger partial charge is 0.493 e. The maximum absolute atomic E-state index is 11.4. The molecule has 0 aliphatic rings. The number of hydrogen-bond donors (Lipinski definition) is 2. The van der Waals surface area contributed by atoms with Crippen LogP contribution in [0.4, 0.5) is 0 Å². The van der Waals surface area contributed by atoms with Crippen LogP contribution in [-0.2, 0) is 17.9 Å². The molecule has 5 nitrogen and oxygen atoms in total. The summed E-state index contributed by atoms with van der Waals surface area (Å²) < 4.78 is 12.1. The van der Waals surface area contributed by atoms with Gasteiger partial charge in [-0.1, -0.05) is 45.2 Å². The minimum Gasteiger partial charge on any atom is -0.493 e. The predicted molar refractivity (Wildman–Crippen MR) is 123 cm³/mol. The molecule has 29 heavy (non-hydrogen) atoms. The molecule has 0 fully saturated rings. The van der Waals surface area contributed by atoms with Crippen molar-refractivity contribution in [3.8, 4) is 11.5 Å². The van der Waals surface area contributed by atoms with Crippen LogP contribution in [0.2, 0.25) is 10.0 Å². The Kier molecular flexibility index (Phi) is 9.92. The molecule has 0 aliphatic heterocycles. The molecule has 2 rings (SSSR count). The van der Waals surface area contributed by atoms with Gasteiger partial charge in [0.2, 0.25) is 0 Å². The van der Waals surface area contributed by atoms with Crippen molar-refractivity contribution in [2.24, 2.45) is 0 Å². The van der Waals surface area contributed by atoms with E-state index in [4.69, 9.17) is 32.7 Å². The first-order valence-electron chi connectivity index (χ1n) is 8.74. The van der Waals surface area contributed by atoms with Crippen LogP contribution in [-0.4, -0.2) is 36.2 Å². The molecule has 158 valence electrons. The number of thioether (sulfide) groups is 1. The molecule has 2 aromatic carbocycles. The second-order valence-corrected chi connectivity index (χ2v) is 8.84. The van der Waals surface area contributed by atoms with E-state index in [2.05, 4.69) is 21.2 Å². The highest BCUT2D eigenvalue weighted by Gasteiger charge is 2.18. The van der Waals surface area contributed by atoms with Gasteiger partial charge in [0, 0.05) is 11.0 Å². The van der Waals surface area contributed by atoms with Gasteiger partial charge in [-0.05, 0) is 53.8 Å². The molecular formula is C20H22BrCl2NO4S. The summed E-state index contributed by atoms with van der Waals surface area (Å²) in [7, 11) is 1.56. The molecule has 0 bridgehead atoms. The third kappa shape index (κ3) is 7.26. The van der Waals surface area contributed by atoms with Crippen molar-refractivity contribution in [2.75, 3.05) is 19.1 Å². The third-order valence-electron chi connectivity index (χ3n) is 4.16. The third-order valence-corrected chi connectivity index (χ3v) is 6.28. The van der Waals surface area contributed by atoms with Gasteiger partial charge < -0.3 is 19.9 Å². The lowest BCUT2D eigenvalue weighted by Crippen LogP contribution is -2.36. The minimum absolute atomic E-state index is 0.299. The van der Waals surface area contributed by atoms with Crippen LogP contribution in [0.3, 0.4) is 0 Å². The van der Waals surface area contributed by atoms with E-state index in [9.17, 15) is 9.90 Å². The van der Waals surface area contributed by atoms with E-state index < -0.39 is 12.0 Å². The molecule has 9 heteroatoms. The number of benzene rings is 2. The smallest absolute Gasteiger partial charge is 0.320 e. The van der Waals surface area contributed by atoms with Crippen LogP contribution in [0, 0.1) is 0 Å². The van der Waals surface area contributed by atoms with Gasteiger partial charge in [-0.25, -0.2) is 0 Å². The van der Waals surface area contributed by atoms with E-state index in [1.165, 1.54) is 0 Å². The zero-order valence-corrected chi connectivity index (χ0v) is 19.9. The van der Waals surface area contributed by atoms with Gasteiger partial charge >= 0.3 is 5.97 Å². The van der Waals surface area contributed by atoms with E-state index in [-0.39, 0.29) is 0 Å². The first kappa shape index (κ1) is 24.2. The summed E-state index contributed by atoms with van der Waals surface area (Å²) in [4.78, 5) is 11.4. The van der Waals surface area contributed by atoms with Gasteiger partial charge in [0.1, 0.15) is 12.6 Å². The monoisotopic (exact) mass is 521 g/mol. The summed E-state index contributed by atoms with van der Waals surface area (Å²) in [6.45, 7) is 0.683. The topological polar surface area (TPSA) is 67.8 Å². The zero-order valence-electron chi connectivity index (χ0n) is 16.0. The first-order chi connectivity index (χ1) is 13.8. The number of methoxy groups -OCH3 is 1. The fraction of sp³-hybridized carbons (Fsp3) is 0.350. The van der Waals surface area contributed by atoms with E-state index in [0.717, 1.165) is 21.4 Å². The lowest BCUT2D eigenvalue weighted by atomic mass is 10.1. The number of halogens is 3. The quantitative estimate of drug-likeness (QED) is 0.398. The molecule has 0 aliphatic carbocycles. The van der Waals surface area contributed by atoms with Crippen molar-refractivity contribution in [3.05, 3.63) is 56.0 Å². The fourth-order valence-corrected chi connectivity index (χ4v) is 3.81. The maximum Gasteiger partial charge on any atom is 0.320 e. The maximum atomic E-state index is 11.4. The molecule has 0 spiro atoms. The standard InChI is InChI=1S/C20H22BrCl2NO4S/c1-27-18-8-13(10-24-17(20(25)26)5-6-29-2)14(21)9-19(18)28-11-12-3-4-15(22)16(23)7-12/h3-4,7-9,17,24H,5-6,10-11H2,1-2H3,(H,25,26). The number of hydrogen-bond acceptors (Lipinski definition) is 5. The zero-order chi connectivity index (χ0) is 21.4. The molecule has 0 radical (unpaired) electrons. The summed E-state index contributed by atoms with van der Waals surface area (Å²) in [5, 5.41) is 13.4. The second-order valence-electron chi connectivity index (χ2n) is 6.18. The van der Waals surface area contributed by atoms with Crippen LogP contribution in [0.5, 0.6) is 11.5 Å². The molecule has 0 saturated carbocycles. The van der Waals surface area contributed by atoms with E-state index in [0.29, 0.717) is 41.1 Å². The Morgan fingerprint density at radius 3 is 2.62 bits per heavy atom. The van der Waals surface area contributed by atoms with Gasteiger partial charge in [0.25, 0.3) is 0 Å². The SMILES string of the molecule is COc1cc(CNC(CCSC)C(=O)O)c(Br)cc1OCc1ccc(Cl)c(Cl)c1. The van der Waals surface area contributed by atoms with Crippen LogP contribution in [0.1, 0.15) is 17.5 Å². The van der Waals surface area contributed by atoms with Gasteiger partial charge in [0.05, 0.1) is 17.2 Å². The summed E-state index contributed by atoms with van der Waals surface area (Å²) >= 11 is 17.1. The molecule has 0 saturated heterocycles. The molecule has 1 atom stereocenters. The molecule has 2 aromatic rings. The first-order valence-corrected chi connectivity index (χ1v) is 11.7. The highest BCUT2D eigenvalue weighted by Crippen LogP contribution is 2.34. The van der Waals surface area contributed by atoms with Crippen molar-refractivity contribution in [3.63, 3.8) is 0 Å². The Labute approximate surface area is 193 Å². The second kappa shape index (κ2) is 11.9. The highest BCUT2D eigenvalue weighted by molar-refractivity contribution is 9.10. The number of ether oxygens (including phenoxy) is 2. The van der Waals surface area contributed by atoms with Crippen molar-refractivity contribution in [2.45, 2.75) is 25.6 Å². The summed E-state index contributed by atoms with van der Waals surface area (Å²) in [6, 6.07) is 8.35. The Bertz CT molecular complexity index is 853. The lowest BCUT2D eigenvalue weighted by Gasteiger charge is -2.17. The van der Waals surface area contributed by atoms with Gasteiger partial charge in [-0.15, -0.1) is 0 Å². The Hall–Kier alpha value is -1.12. The number of carboxylic acids is 1. The summed E-state index contributed by atoms with van der Waals surface area (Å²) in [5.74, 6) is 1.03. The Morgan fingerprint density at radius 1 is 1.24 bits per heavy atom. The van der Waals surface area contributed by atoms with E-state index in [1.54, 1.807) is 31.0 Å². The van der Waals surface area contributed by atoms with E-state index >= 15 is 0 Å². The van der Waals surface area contributed by atoms with Gasteiger partial charge in [0.15, 0.2) is 11.5 Å². The van der Waals surface area contributed by atoms with E-state index in [1.807, 2.05) is 24.5 Å². The number of rotatable bonds is 11. The summed E-state index contributed by atoms with van der Waals surface area (Å²) in [5.41, 5.74) is 1.75. The molecule has 1 unspecified atom stereocenters. The van der Waals surface area contributed by atoms with Crippen molar-refractivity contribution in [1.82, 2.24) is 5.32 Å². The summed E-state index contributed by atoms with van der Waals surface area (Å²) in [6.07, 6.45) is 2.51. The number of aliphatic carboxylic acids is 1. The predicted octanol–water partition coefficient (Wildman–Crippen LogP) is 5.64. The highest BCUT2D eigenvalue weighted by atomic mass is 79.9. The van der Waals surface area contributed by atoms with Gasteiger partial charge in [-0.2, -0.15) is 11.8 Å². The minimum atomic E-state index is -0.858. The Balaban J connectivity index is 2.09. The Morgan fingerprint density at radius 2 is 2.00 bits per heavy atom.